The Morgan fingerprint density at radius 1 is 1.41 bits per heavy atom. The van der Waals surface area contributed by atoms with Gasteiger partial charge in [0, 0.05) is 22.5 Å². The van der Waals surface area contributed by atoms with Crippen molar-refractivity contribution in [2.45, 2.75) is 17.7 Å². The first-order chi connectivity index (χ1) is 7.99. The van der Waals surface area contributed by atoms with Crippen LogP contribution >= 0.6 is 22.7 Å². The first kappa shape index (κ1) is 12.6. The molecule has 92 valence electrons. The smallest absolute Gasteiger partial charge is 0.250 e. The van der Waals surface area contributed by atoms with Gasteiger partial charge in [-0.1, -0.05) is 0 Å². The van der Waals surface area contributed by atoms with Gasteiger partial charge < -0.3 is 5.73 Å². The average molecular weight is 288 g/mol. The zero-order valence-electron chi connectivity index (χ0n) is 9.14. The third-order valence-corrected chi connectivity index (χ3v) is 6.13. The number of hydrogen-bond acceptors (Lipinski definition) is 5. The minimum atomic E-state index is -3.44. The molecule has 0 aromatic carbocycles. The van der Waals surface area contributed by atoms with E-state index in [9.17, 15) is 8.42 Å². The first-order valence-corrected chi connectivity index (χ1v) is 8.10. The topological polar surface area (TPSA) is 72.2 Å². The number of thiophene rings is 2. The van der Waals surface area contributed by atoms with Crippen molar-refractivity contribution in [3.8, 4) is 0 Å². The molecule has 0 atom stereocenters. The van der Waals surface area contributed by atoms with Crippen molar-refractivity contribution in [2.24, 2.45) is 0 Å². The van der Waals surface area contributed by atoms with Crippen LogP contribution in [-0.4, -0.2) is 8.42 Å². The van der Waals surface area contributed by atoms with Crippen LogP contribution in [0.25, 0.3) is 0 Å². The lowest BCUT2D eigenvalue weighted by molar-refractivity contribution is 0.584. The largest absolute Gasteiger partial charge is 0.398 e. The Morgan fingerprint density at radius 2 is 2.18 bits per heavy atom. The fraction of sp³-hybridized carbons (Fsp3) is 0.200. The molecule has 17 heavy (non-hydrogen) atoms. The second-order valence-corrected chi connectivity index (χ2v) is 7.46. The van der Waals surface area contributed by atoms with Gasteiger partial charge in [0.05, 0.1) is 0 Å². The summed E-state index contributed by atoms with van der Waals surface area (Å²) >= 11 is 2.67. The molecule has 4 nitrogen and oxygen atoms in total. The Kier molecular flexibility index (Phi) is 3.53. The molecule has 2 rings (SSSR count). The van der Waals surface area contributed by atoms with Crippen LogP contribution in [0.1, 0.15) is 10.4 Å². The summed E-state index contributed by atoms with van der Waals surface area (Å²) in [4.78, 5) is 1.03. The summed E-state index contributed by atoms with van der Waals surface area (Å²) in [7, 11) is -3.44. The van der Waals surface area contributed by atoms with E-state index in [1.807, 2.05) is 18.4 Å². The second kappa shape index (κ2) is 4.77. The van der Waals surface area contributed by atoms with Crippen molar-refractivity contribution < 1.29 is 8.42 Å². The number of nitrogens with two attached hydrogens (primary N) is 1. The SMILES string of the molecule is Cc1ccsc1CNS(=O)(=O)c1cc(N)cs1. The van der Waals surface area contributed by atoms with Crippen molar-refractivity contribution in [3.05, 3.63) is 33.3 Å². The van der Waals surface area contributed by atoms with Gasteiger partial charge in [-0.2, -0.15) is 0 Å². The summed E-state index contributed by atoms with van der Waals surface area (Å²) in [6, 6.07) is 3.44. The van der Waals surface area contributed by atoms with E-state index in [-0.39, 0.29) is 4.21 Å². The standard InChI is InChI=1S/C10H12N2O2S3/c1-7-2-3-15-9(7)5-12-17(13,14)10-4-8(11)6-16-10/h2-4,6,12H,5,11H2,1H3. The van der Waals surface area contributed by atoms with Crippen molar-refractivity contribution in [1.29, 1.82) is 0 Å². The predicted molar refractivity (Wildman–Crippen MR) is 71.8 cm³/mol. The molecule has 0 aliphatic carbocycles. The van der Waals surface area contributed by atoms with E-state index in [1.165, 1.54) is 6.07 Å². The molecule has 2 aromatic rings. The third kappa shape index (κ3) is 2.86. The molecule has 0 unspecified atom stereocenters. The highest BCUT2D eigenvalue weighted by Crippen LogP contribution is 2.22. The van der Waals surface area contributed by atoms with Gasteiger partial charge in [0.25, 0.3) is 0 Å². The van der Waals surface area contributed by atoms with E-state index in [1.54, 1.807) is 16.7 Å². The van der Waals surface area contributed by atoms with E-state index < -0.39 is 10.0 Å². The molecule has 0 amide bonds. The number of sulfonamides is 1. The van der Waals surface area contributed by atoms with Crippen molar-refractivity contribution in [1.82, 2.24) is 4.72 Å². The third-order valence-electron chi connectivity index (χ3n) is 2.25. The molecule has 3 N–H and O–H groups in total. The van der Waals surface area contributed by atoms with E-state index in [2.05, 4.69) is 4.72 Å². The molecule has 2 aromatic heterocycles. The quantitative estimate of drug-likeness (QED) is 0.905. The Morgan fingerprint density at radius 3 is 2.71 bits per heavy atom. The van der Waals surface area contributed by atoms with Gasteiger partial charge >= 0.3 is 0 Å². The summed E-state index contributed by atoms with van der Waals surface area (Å²) in [6.45, 7) is 2.28. The summed E-state index contributed by atoms with van der Waals surface area (Å²) in [5.74, 6) is 0. The van der Waals surface area contributed by atoms with E-state index in [4.69, 9.17) is 5.73 Å². The zero-order valence-corrected chi connectivity index (χ0v) is 11.6. The number of nitrogens with one attached hydrogen (secondary N) is 1. The van der Waals surface area contributed by atoms with E-state index >= 15 is 0 Å². The van der Waals surface area contributed by atoms with Crippen molar-refractivity contribution in [3.63, 3.8) is 0 Å². The fourth-order valence-corrected chi connectivity index (χ4v) is 4.35. The number of rotatable bonds is 4. The summed E-state index contributed by atoms with van der Waals surface area (Å²) in [5.41, 5.74) is 7.09. The van der Waals surface area contributed by atoms with Crippen LogP contribution in [0.15, 0.2) is 27.1 Å². The molecule has 7 heteroatoms. The van der Waals surface area contributed by atoms with Crippen LogP contribution < -0.4 is 10.5 Å². The Bertz CT molecular complexity index is 613. The summed E-state index contributed by atoms with van der Waals surface area (Å²) < 4.78 is 26.6. The molecular weight excluding hydrogens is 276 g/mol. The Hall–Kier alpha value is -0.890. The molecule has 0 aliphatic heterocycles. The van der Waals surface area contributed by atoms with Gasteiger partial charge in [0.15, 0.2) is 0 Å². The average Bonchev–Trinajstić information content (AvgIpc) is 2.85. The number of aryl methyl sites for hydroxylation is 1. The number of hydrogen-bond donors (Lipinski definition) is 2. The lowest BCUT2D eigenvalue weighted by Gasteiger charge is -2.03. The molecule has 0 fully saturated rings. The van der Waals surface area contributed by atoms with Gasteiger partial charge in [0.1, 0.15) is 4.21 Å². The predicted octanol–water partition coefficient (Wildman–Crippen LogP) is 2.18. The molecule has 0 aliphatic rings. The minimum absolute atomic E-state index is 0.254. The van der Waals surface area contributed by atoms with Gasteiger partial charge in [-0.25, -0.2) is 13.1 Å². The van der Waals surface area contributed by atoms with Crippen molar-refractivity contribution >= 4 is 38.4 Å². The zero-order chi connectivity index (χ0) is 12.5. The van der Waals surface area contributed by atoms with Crippen LogP contribution in [0.2, 0.25) is 0 Å². The fourth-order valence-electron chi connectivity index (χ4n) is 1.29. The number of nitrogen functional groups attached to an aromatic ring is 1. The molecule has 0 saturated carbocycles. The van der Waals surface area contributed by atoms with Crippen molar-refractivity contribution in [2.75, 3.05) is 5.73 Å². The molecule has 0 radical (unpaired) electrons. The Labute approximate surface area is 108 Å². The maximum Gasteiger partial charge on any atom is 0.250 e. The molecule has 0 bridgehead atoms. The summed E-state index contributed by atoms with van der Waals surface area (Å²) in [6.07, 6.45) is 0. The maximum absolute atomic E-state index is 11.9. The second-order valence-electron chi connectivity index (χ2n) is 3.55. The molecule has 0 spiro atoms. The normalized spacial score (nSPS) is 11.8. The van der Waals surface area contributed by atoms with Gasteiger partial charge in [-0.15, -0.1) is 22.7 Å². The molecule has 2 heterocycles. The van der Waals surface area contributed by atoms with Crippen LogP contribution in [0, 0.1) is 6.92 Å². The van der Waals surface area contributed by atoms with Crippen LogP contribution in [0.3, 0.4) is 0 Å². The molecule has 0 saturated heterocycles. The molecular formula is C10H12N2O2S3. The number of anilines is 1. The highest BCUT2D eigenvalue weighted by Gasteiger charge is 2.16. The van der Waals surface area contributed by atoms with E-state index in [0.29, 0.717) is 12.2 Å². The van der Waals surface area contributed by atoms with Crippen LogP contribution in [-0.2, 0) is 16.6 Å². The highest BCUT2D eigenvalue weighted by atomic mass is 32.2. The van der Waals surface area contributed by atoms with Gasteiger partial charge in [-0.05, 0) is 30.0 Å². The lowest BCUT2D eigenvalue weighted by Crippen LogP contribution is -2.22. The Balaban J connectivity index is 2.11. The van der Waals surface area contributed by atoms with Gasteiger partial charge in [0.2, 0.25) is 10.0 Å². The van der Waals surface area contributed by atoms with Gasteiger partial charge in [-0.3, -0.25) is 0 Å². The monoisotopic (exact) mass is 288 g/mol. The maximum atomic E-state index is 11.9. The highest BCUT2D eigenvalue weighted by molar-refractivity contribution is 7.91. The van der Waals surface area contributed by atoms with E-state index in [0.717, 1.165) is 21.8 Å². The van der Waals surface area contributed by atoms with Crippen LogP contribution in [0.5, 0.6) is 0 Å². The minimum Gasteiger partial charge on any atom is -0.398 e. The summed E-state index contributed by atoms with van der Waals surface area (Å²) in [5, 5.41) is 3.56. The van der Waals surface area contributed by atoms with Crippen LogP contribution in [0.4, 0.5) is 5.69 Å². The lowest BCUT2D eigenvalue weighted by atomic mass is 10.3. The first-order valence-electron chi connectivity index (χ1n) is 4.86.